The van der Waals surface area contributed by atoms with Crippen molar-refractivity contribution in [3.8, 4) is 0 Å². The highest BCUT2D eigenvalue weighted by Gasteiger charge is 2.23. The van der Waals surface area contributed by atoms with Crippen LogP contribution in [0.3, 0.4) is 0 Å². The predicted octanol–water partition coefficient (Wildman–Crippen LogP) is 3.06. The number of hydrogen-bond donors (Lipinski definition) is 2. The summed E-state index contributed by atoms with van der Waals surface area (Å²) >= 11 is 0. The van der Waals surface area contributed by atoms with Gasteiger partial charge in [0.2, 0.25) is 10.0 Å². The van der Waals surface area contributed by atoms with E-state index in [9.17, 15) is 8.42 Å². The van der Waals surface area contributed by atoms with E-state index in [-0.39, 0.29) is 10.9 Å². The van der Waals surface area contributed by atoms with Gasteiger partial charge in [-0.3, -0.25) is 5.43 Å². The van der Waals surface area contributed by atoms with Crippen molar-refractivity contribution in [2.45, 2.75) is 55.9 Å². The molecule has 1 aromatic heterocycles. The Morgan fingerprint density at radius 3 is 2.67 bits per heavy atom. The highest BCUT2D eigenvalue weighted by molar-refractivity contribution is 7.89. The van der Waals surface area contributed by atoms with Crippen LogP contribution in [0.2, 0.25) is 0 Å². The summed E-state index contributed by atoms with van der Waals surface area (Å²) in [7, 11) is -3.48. The van der Waals surface area contributed by atoms with Crippen LogP contribution in [0.15, 0.2) is 40.5 Å². The Kier molecular flexibility index (Phi) is 5.63. The zero-order valence-electron chi connectivity index (χ0n) is 13.7. The number of hydrogen-bond acceptors (Lipinski definition) is 5. The number of hydrazone groups is 1. The Balaban J connectivity index is 1.56. The lowest BCUT2D eigenvalue weighted by atomic mass is 9.96. The predicted molar refractivity (Wildman–Crippen MR) is 95.4 cm³/mol. The van der Waals surface area contributed by atoms with Crippen molar-refractivity contribution in [1.29, 1.82) is 0 Å². The molecule has 0 radical (unpaired) electrons. The quantitative estimate of drug-likeness (QED) is 0.470. The number of aromatic nitrogens is 1. The van der Waals surface area contributed by atoms with Gasteiger partial charge in [-0.25, -0.2) is 18.1 Å². The van der Waals surface area contributed by atoms with Crippen LogP contribution in [-0.4, -0.2) is 25.7 Å². The fourth-order valence-electron chi connectivity index (χ4n) is 3.10. The molecule has 0 bridgehead atoms. The van der Waals surface area contributed by atoms with Crippen molar-refractivity contribution >= 4 is 22.1 Å². The minimum Gasteiger partial charge on any atom is -0.262 e. The van der Waals surface area contributed by atoms with Gasteiger partial charge in [0.05, 0.1) is 0 Å². The van der Waals surface area contributed by atoms with Crippen LogP contribution >= 0.6 is 0 Å². The summed E-state index contributed by atoms with van der Waals surface area (Å²) in [5, 5.41) is 4.20. The number of sulfonamides is 1. The first-order valence-corrected chi connectivity index (χ1v) is 10.0. The minimum absolute atomic E-state index is 0.0574. The largest absolute Gasteiger partial charge is 0.262 e. The topological polar surface area (TPSA) is 83.5 Å². The van der Waals surface area contributed by atoms with Gasteiger partial charge in [-0.2, -0.15) is 5.10 Å². The molecule has 6 nitrogen and oxygen atoms in total. The third-order valence-corrected chi connectivity index (χ3v) is 6.00. The monoisotopic (exact) mass is 348 g/mol. The second-order valence-electron chi connectivity index (χ2n) is 6.42. The summed E-state index contributed by atoms with van der Waals surface area (Å²) in [4.78, 5) is 4.34. The van der Waals surface area contributed by atoms with Crippen molar-refractivity contribution in [1.82, 2.24) is 9.71 Å². The average Bonchev–Trinajstić information content (AvgIpc) is 3.09. The highest BCUT2D eigenvalue weighted by Crippen LogP contribution is 2.20. The summed E-state index contributed by atoms with van der Waals surface area (Å²) in [6.07, 6.45) is 14.9. The lowest BCUT2D eigenvalue weighted by Crippen LogP contribution is -2.32. The van der Waals surface area contributed by atoms with E-state index in [1.54, 1.807) is 12.1 Å². The van der Waals surface area contributed by atoms with E-state index in [0.29, 0.717) is 11.7 Å². The maximum atomic E-state index is 12.3. The lowest BCUT2D eigenvalue weighted by molar-refractivity contribution is 0.552. The number of anilines is 1. The van der Waals surface area contributed by atoms with Gasteiger partial charge in [-0.1, -0.05) is 25.0 Å². The molecule has 24 heavy (non-hydrogen) atoms. The molecule has 2 aliphatic rings. The number of allylic oxidation sites excluding steroid dienone is 2. The maximum Gasteiger partial charge on any atom is 0.242 e. The fourth-order valence-corrected chi connectivity index (χ4v) is 4.35. The highest BCUT2D eigenvalue weighted by atomic mass is 32.2. The molecule has 1 heterocycles. The molecular formula is C17H24N4O2S. The summed E-state index contributed by atoms with van der Waals surface area (Å²) in [6, 6.07) is 3.26. The molecule has 1 saturated carbocycles. The van der Waals surface area contributed by atoms with Gasteiger partial charge in [-0.05, 0) is 50.2 Å². The molecule has 7 heteroatoms. The van der Waals surface area contributed by atoms with E-state index in [0.717, 1.165) is 44.9 Å². The van der Waals surface area contributed by atoms with Crippen molar-refractivity contribution in [2.75, 3.05) is 5.43 Å². The second-order valence-corrected chi connectivity index (χ2v) is 8.13. The Morgan fingerprint density at radius 2 is 2.00 bits per heavy atom. The van der Waals surface area contributed by atoms with Crippen molar-refractivity contribution in [3.63, 3.8) is 0 Å². The van der Waals surface area contributed by atoms with E-state index in [4.69, 9.17) is 0 Å². The fraction of sp³-hybridized carbons (Fsp3) is 0.529. The number of nitrogens with one attached hydrogen (secondary N) is 2. The van der Waals surface area contributed by atoms with Gasteiger partial charge in [0.25, 0.3) is 0 Å². The minimum atomic E-state index is -3.48. The molecule has 0 saturated heterocycles. The first-order chi connectivity index (χ1) is 11.6. The third kappa shape index (κ3) is 4.64. The van der Waals surface area contributed by atoms with E-state index >= 15 is 0 Å². The standard InChI is InChI=1S/C17H24N4O2S/c22-24(23,21-15-8-4-5-9-15)16-10-11-17(18-13-16)20-19-12-14-6-2-1-3-7-14/h1-2,10-15,21H,3-9H2,(H,18,20)/t14-/m0/s1. The maximum absolute atomic E-state index is 12.3. The van der Waals surface area contributed by atoms with Crippen LogP contribution in [0.5, 0.6) is 0 Å². The molecule has 3 rings (SSSR count). The van der Waals surface area contributed by atoms with Crippen LogP contribution in [0.1, 0.15) is 44.9 Å². The van der Waals surface area contributed by atoms with Gasteiger partial charge < -0.3 is 0 Å². The summed E-state index contributed by atoms with van der Waals surface area (Å²) in [5.74, 6) is 0.996. The molecule has 2 N–H and O–H groups in total. The first kappa shape index (κ1) is 17.1. The number of rotatable bonds is 6. The SMILES string of the molecule is O=S(=O)(NC1CCCC1)c1ccc(NN=C[C@H]2CC=CCC2)nc1. The van der Waals surface area contributed by atoms with Crippen LogP contribution in [-0.2, 0) is 10.0 Å². The van der Waals surface area contributed by atoms with Crippen molar-refractivity contribution in [2.24, 2.45) is 11.0 Å². The average molecular weight is 348 g/mol. The Labute approximate surface area is 143 Å². The van der Waals surface area contributed by atoms with Crippen molar-refractivity contribution < 1.29 is 8.42 Å². The summed E-state index contributed by atoms with van der Waals surface area (Å²) in [5.41, 5.74) is 2.86. The van der Waals surface area contributed by atoms with Crippen LogP contribution in [0, 0.1) is 5.92 Å². The Morgan fingerprint density at radius 1 is 1.17 bits per heavy atom. The Bertz CT molecular complexity index is 692. The molecule has 0 amide bonds. The van der Waals surface area contributed by atoms with Gasteiger partial charge in [0.15, 0.2) is 0 Å². The van der Waals surface area contributed by atoms with Gasteiger partial charge >= 0.3 is 0 Å². The van der Waals surface area contributed by atoms with Gasteiger partial charge in [0, 0.05) is 18.5 Å². The van der Waals surface area contributed by atoms with Crippen LogP contribution in [0.25, 0.3) is 0 Å². The molecule has 0 unspecified atom stereocenters. The smallest absolute Gasteiger partial charge is 0.242 e. The molecule has 1 aromatic rings. The molecule has 0 aliphatic heterocycles. The molecular weight excluding hydrogens is 324 g/mol. The van der Waals surface area contributed by atoms with Gasteiger partial charge in [0.1, 0.15) is 10.7 Å². The van der Waals surface area contributed by atoms with Crippen molar-refractivity contribution in [3.05, 3.63) is 30.5 Å². The molecule has 0 spiro atoms. The summed E-state index contributed by atoms with van der Waals surface area (Å²) < 4.78 is 27.4. The summed E-state index contributed by atoms with van der Waals surface area (Å²) in [6.45, 7) is 0. The van der Waals surface area contributed by atoms with E-state index in [2.05, 4.69) is 32.4 Å². The zero-order chi connectivity index (χ0) is 16.8. The molecule has 130 valence electrons. The Hall–Kier alpha value is -1.73. The molecule has 0 aromatic carbocycles. The van der Waals surface area contributed by atoms with Gasteiger partial charge in [-0.15, -0.1) is 0 Å². The van der Waals surface area contributed by atoms with E-state index in [1.807, 2.05) is 6.21 Å². The van der Waals surface area contributed by atoms with Crippen LogP contribution in [0.4, 0.5) is 5.82 Å². The number of pyridine rings is 1. The third-order valence-electron chi connectivity index (χ3n) is 4.50. The normalized spacial score (nSPS) is 22.2. The lowest BCUT2D eigenvalue weighted by Gasteiger charge is -2.13. The molecule has 2 aliphatic carbocycles. The number of nitrogens with zero attached hydrogens (tertiary/aromatic N) is 2. The molecule has 1 fully saturated rings. The second kappa shape index (κ2) is 7.90. The zero-order valence-corrected chi connectivity index (χ0v) is 14.5. The van der Waals surface area contributed by atoms with E-state index in [1.165, 1.54) is 6.20 Å². The van der Waals surface area contributed by atoms with E-state index < -0.39 is 10.0 Å². The first-order valence-electron chi connectivity index (χ1n) is 8.56. The van der Waals surface area contributed by atoms with Crippen LogP contribution < -0.4 is 10.1 Å². The molecule has 1 atom stereocenters.